The normalized spacial score (nSPS) is 16.5. The highest BCUT2D eigenvalue weighted by Gasteiger charge is 2.42. The summed E-state index contributed by atoms with van der Waals surface area (Å²) < 4.78 is 16.9. The molecule has 4 atom stereocenters. The summed E-state index contributed by atoms with van der Waals surface area (Å²) in [5.74, 6) is 1.18. The van der Waals surface area contributed by atoms with Crippen molar-refractivity contribution in [2.75, 3.05) is 31.3 Å². The van der Waals surface area contributed by atoms with Crippen LogP contribution in [0.5, 0.6) is 0 Å². The molecule has 0 bridgehead atoms. The van der Waals surface area contributed by atoms with Gasteiger partial charge in [-0.05, 0) is 50.7 Å². The number of amides is 3. The average molecular weight is 1050 g/mol. The van der Waals surface area contributed by atoms with Crippen LogP contribution in [-0.4, -0.2) is 84.5 Å². The van der Waals surface area contributed by atoms with Crippen LogP contribution in [0.3, 0.4) is 0 Å². The largest absolute Gasteiger partial charge is 0.462 e. The molecule has 2 aliphatic rings. The molecule has 0 radical (unpaired) electrons. The van der Waals surface area contributed by atoms with Gasteiger partial charge < -0.3 is 30.2 Å². The molecule has 0 aromatic rings. The molecule has 0 spiro atoms. The lowest BCUT2D eigenvalue weighted by Crippen LogP contribution is -2.36. The number of esters is 3. The Morgan fingerprint density at radius 2 is 0.903 bits per heavy atom. The number of nitrogens with one attached hydrogen (secondary N) is 3. The highest BCUT2D eigenvalue weighted by Crippen LogP contribution is 2.33. The molecule has 0 aliphatic carbocycles. The van der Waals surface area contributed by atoms with Gasteiger partial charge >= 0.3 is 23.9 Å². The lowest BCUT2D eigenvalue weighted by molar-refractivity contribution is -0.167. The number of hydrogen-bond donors (Lipinski definition) is 4. The van der Waals surface area contributed by atoms with Crippen molar-refractivity contribution in [3.63, 3.8) is 0 Å². The summed E-state index contributed by atoms with van der Waals surface area (Å²) in [6.45, 7) is 2.81. The van der Waals surface area contributed by atoms with Crippen molar-refractivity contribution >= 4 is 54.2 Å². The minimum atomic E-state index is -0.798. The van der Waals surface area contributed by atoms with Crippen LogP contribution in [0.1, 0.15) is 289 Å². The summed E-state index contributed by atoms with van der Waals surface area (Å²) in [7, 11) is 0. The molecule has 3 amide bonds. The van der Waals surface area contributed by atoms with Crippen LogP contribution in [0.4, 0.5) is 4.79 Å². The van der Waals surface area contributed by atoms with E-state index in [1.165, 1.54) is 154 Å². The van der Waals surface area contributed by atoms with E-state index >= 15 is 0 Å². The number of carbonyl (C=O) groups excluding carboxylic acids is 5. The van der Waals surface area contributed by atoms with Gasteiger partial charge in [-0.2, -0.15) is 24.4 Å². The smallest absolute Gasteiger partial charge is 0.315 e. The highest BCUT2D eigenvalue weighted by molar-refractivity contribution is 8.00. The van der Waals surface area contributed by atoms with Gasteiger partial charge in [0.2, 0.25) is 5.91 Å². The first kappa shape index (κ1) is 66.0. The number of unbranched alkanes of at least 4 members (excludes halogenated alkanes) is 35. The van der Waals surface area contributed by atoms with Crippen molar-refractivity contribution in [1.82, 2.24) is 16.0 Å². The number of urea groups is 1. The van der Waals surface area contributed by atoms with Gasteiger partial charge in [-0.25, -0.2) is 4.79 Å². The van der Waals surface area contributed by atoms with E-state index in [0.717, 1.165) is 121 Å². The van der Waals surface area contributed by atoms with E-state index in [-0.39, 0.29) is 55.1 Å². The third-order valence-electron chi connectivity index (χ3n) is 14.6. The second-order valence-electron chi connectivity index (χ2n) is 21.4. The first-order valence-corrected chi connectivity index (χ1v) is 32.1. The molecule has 420 valence electrons. The molecule has 3 N–H and O–H groups in total. The number of ether oxygens (including phenoxy) is 3. The SMILES string of the molecule is CCCCCCCCCCCCCCCCCC(=O)OCC(COC(=O)CCCCCCCCCCCNC(=O)CCCCC1SCC2NC(=O)NC21)OC(=O)CCCCCCCCCCCCCCCS. The first-order chi connectivity index (χ1) is 35.3. The molecule has 11 nitrogen and oxygen atoms in total. The second kappa shape index (κ2) is 48.5. The Labute approximate surface area is 450 Å². The molecule has 0 aromatic carbocycles. The number of rotatable bonds is 53. The molecule has 2 rings (SSSR count). The van der Waals surface area contributed by atoms with Crippen LogP contribution in [0.2, 0.25) is 0 Å². The number of hydrogen-bond acceptors (Lipinski definition) is 10. The van der Waals surface area contributed by atoms with Gasteiger partial charge in [-0.1, -0.05) is 219 Å². The Morgan fingerprint density at radius 1 is 0.514 bits per heavy atom. The predicted molar refractivity (Wildman–Crippen MR) is 303 cm³/mol. The molecule has 13 heteroatoms. The molecule has 0 aromatic heterocycles. The fourth-order valence-corrected chi connectivity index (χ4v) is 11.8. The molecular weight excluding hydrogens is 943 g/mol. The van der Waals surface area contributed by atoms with E-state index in [4.69, 9.17) is 14.2 Å². The summed E-state index contributed by atoms with van der Waals surface area (Å²) in [5, 5.41) is 9.54. The maximum Gasteiger partial charge on any atom is 0.315 e. The van der Waals surface area contributed by atoms with E-state index in [2.05, 4.69) is 35.5 Å². The summed E-state index contributed by atoms with van der Waals surface area (Å²) in [5.41, 5.74) is 0. The zero-order chi connectivity index (χ0) is 51.8. The molecule has 72 heavy (non-hydrogen) atoms. The topological polar surface area (TPSA) is 149 Å². The number of thioether (sulfide) groups is 1. The lowest BCUT2D eigenvalue weighted by atomic mass is 10.0. The van der Waals surface area contributed by atoms with Crippen molar-refractivity contribution in [3.8, 4) is 0 Å². The highest BCUT2D eigenvalue weighted by atomic mass is 32.2. The Balaban J connectivity index is 1.52. The monoisotopic (exact) mass is 1050 g/mol. The van der Waals surface area contributed by atoms with Crippen molar-refractivity contribution < 1.29 is 38.2 Å². The maximum absolute atomic E-state index is 12.9. The quantitative estimate of drug-likeness (QED) is 0.0154. The van der Waals surface area contributed by atoms with Crippen molar-refractivity contribution in [2.45, 2.75) is 313 Å². The molecular formula is C59H109N3O8S2. The van der Waals surface area contributed by atoms with Crippen LogP contribution in [0, 0.1) is 0 Å². The first-order valence-electron chi connectivity index (χ1n) is 30.4. The predicted octanol–water partition coefficient (Wildman–Crippen LogP) is 15.4. The molecule has 2 saturated heterocycles. The van der Waals surface area contributed by atoms with Crippen molar-refractivity contribution in [2.24, 2.45) is 0 Å². The van der Waals surface area contributed by atoms with E-state index < -0.39 is 6.10 Å². The van der Waals surface area contributed by atoms with Gasteiger partial charge in [-0.3, -0.25) is 19.2 Å². The minimum Gasteiger partial charge on any atom is -0.462 e. The fourth-order valence-electron chi connectivity index (χ4n) is 10.1. The van der Waals surface area contributed by atoms with Gasteiger partial charge in [0.15, 0.2) is 6.10 Å². The molecule has 0 saturated carbocycles. The Morgan fingerprint density at radius 3 is 1.35 bits per heavy atom. The van der Waals surface area contributed by atoms with Gasteiger partial charge in [0, 0.05) is 43.2 Å². The van der Waals surface area contributed by atoms with Crippen LogP contribution >= 0.6 is 24.4 Å². The standard InChI is InChI=1S/C59H109N3O8S2/c1-2-3-4-5-6-7-8-9-10-12-15-19-24-29-34-43-55(64)68-48-51(70-57(66)45-36-31-26-20-16-13-11-14-17-23-28-33-40-47-71)49-69-56(65)44-35-30-25-21-18-22-27-32-39-46-60-54(63)42-38-37-41-53-58-52(50-72-53)61-59(67)62-58/h51-53,58,71H,2-50H2,1H3,(H,60,63)(H2,61,62,67). The average Bonchev–Trinajstić information content (AvgIpc) is 3.93. The lowest BCUT2D eigenvalue weighted by Gasteiger charge is -2.18. The summed E-state index contributed by atoms with van der Waals surface area (Å²) in [6.07, 6.45) is 48.1. The minimum absolute atomic E-state index is 0.0485. The van der Waals surface area contributed by atoms with Crippen LogP contribution in [-0.2, 0) is 33.4 Å². The Hall–Kier alpha value is -2.15. The fraction of sp³-hybridized carbons (Fsp3) is 0.915. The maximum atomic E-state index is 12.9. The van der Waals surface area contributed by atoms with Gasteiger partial charge in [0.25, 0.3) is 0 Å². The zero-order valence-electron chi connectivity index (χ0n) is 46.1. The molecule has 2 aliphatic heterocycles. The summed E-state index contributed by atoms with van der Waals surface area (Å²) >= 11 is 6.22. The van der Waals surface area contributed by atoms with Crippen LogP contribution in [0.25, 0.3) is 0 Å². The van der Waals surface area contributed by atoms with Gasteiger partial charge in [0.1, 0.15) is 13.2 Å². The summed E-state index contributed by atoms with van der Waals surface area (Å²) in [4.78, 5) is 62.1. The van der Waals surface area contributed by atoms with E-state index in [0.29, 0.717) is 30.9 Å². The van der Waals surface area contributed by atoms with E-state index in [1.807, 2.05) is 11.8 Å². The number of fused-ring (bicyclic) bond motifs is 1. The van der Waals surface area contributed by atoms with Crippen molar-refractivity contribution in [3.05, 3.63) is 0 Å². The number of carbonyl (C=O) groups is 5. The van der Waals surface area contributed by atoms with Crippen molar-refractivity contribution in [1.29, 1.82) is 0 Å². The van der Waals surface area contributed by atoms with E-state index in [1.54, 1.807) is 0 Å². The molecule has 2 heterocycles. The van der Waals surface area contributed by atoms with Gasteiger partial charge in [-0.15, -0.1) is 0 Å². The third-order valence-corrected chi connectivity index (χ3v) is 16.5. The van der Waals surface area contributed by atoms with Crippen LogP contribution < -0.4 is 16.0 Å². The Bertz CT molecular complexity index is 1340. The number of thiol groups is 1. The molecule has 2 fully saturated rings. The Kier molecular flexibility index (Phi) is 44.4. The third kappa shape index (κ3) is 39.3. The van der Waals surface area contributed by atoms with E-state index in [9.17, 15) is 24.0 Å². The summed E-state index contributed by atoms with van der Waals surface area (Å²) in [6, 6.07) is 0.437. The van der Waals surface area contributed by atoms with Crippen LogP contribution in [0.15, 0.2) is 0 Å². The molecule has 4 unspecified atom stereocenters. The second-order valence-corrected chi connectivity index (χ2v) is 23.1. The van der Waals surface area contributed by atoms with Gasteiger partial charge in [0.05, 0.1) is 12.1 Å². The zero-order valence-corrected chi connectivity index (χ0v) is 47.8.